The van der Waals surface area contributed by atoms with E-state index < -0.39 is 5.82 Å². The molecule has 2 rings (SSSR count). The topological polar surface area (TPSA) is 38.3 Å². The van der Waals surface area contributed by atoms with E-state index in [1.54, 1.807) is 24.3 Å². The Kier molecular flexibility index (Phi) is 5.26. The third-order valence-corrected chi connectivity index (χ3v) is 2.77. The van der Waals surface area contributed by atoms with Crippen LogP contribution >= 0.6 is 0 Å². The smallest absolute Gasteiger partial charge is 0.224 e. The fourth-order valence-electron chi connectivity index (χ4n) is 1.81. The van der Waals surface area contributed by atoms with E-state index in [1.165, 1.54) is 24.3 Å². The average molecular weight is 291 g/mol. The third kappa shape index (κ3) is 4.87. The minimum Gasteiger partial charge on any atom is -0.489 e. The van der Waals surface area contributed by atoms with Crippen molar-refractivity contribution in [2.75, 3.05) is 13.2 Å². The van der Waals surface area contributed by atoms with E-state index in [0.717, 1.165) is 0 Å². The summed E-state index contributed by atoms with van der Waals surface area (Å²) in [4.78, 5) is 11.6. The highest BCUT2D eigenvalue weighted by Crippen LogP contribution is 2.14. The number of benzene rings is 2. The largest absolute Gasteiger partial charge is 0.489 e. The number of rotatable bonds is 6. The number of nitrogens with one attached hydrogen (secondary N) is 1. The van der Waals surface area contributed by atoms with E-state index in [0.29, 0.717) is 5.56 Å². The Hall–Kier alpha value is -2.43. The zero-order valence-electron chi connectivity index (χ0n) is 11.3. The van der Waals surface area contributed by atoms with E-state index in [4.69, 9.17) is 4.74 Å². The van der Waals surface area contributed by atoms with Crippen LogP contribution in [0.2, 0.25) is 0 Å². The molecule has 0 aliphatic rings. The van der Waals surface area contributed by atoms with Crippen LogP contribution in [0.15, 0.2) is 48.5 Å². The van der Waals surface area contributed by atoms with Crippen molar-refractivity contribution < 1.29 is 18.3 Å². The van der Waals surface area contributed by atoms with Gasteiger partial charge in [-0.15, -0.1) is 0 Å². The monoisotopic (exact) mass is 291 g/mol. The van der Waals surface area contributed by atoms with Gasteiger partial charge in [0.25, 0.3) is 0 Å². The highest BCUT2D eigenvalue weighted by molar-refractivity contribution is 5.78. The molecule has 5 heteroatoms. The molecule has 0 aromatic heterocycles. The highest BCUT2D eigenvalue weighted by atomic mass is 19.1. The SMILES string of the molecule is O=C(Cc1cccc(F)c1)NCCOc1ccccc1F. The van der Waals surface area contributed by atoms with Gasteiger partial charge in [-0.2, -0.15) is 0 Å². The van der Waals surface area contributed by atoms with Gasteiger partial charge in [-0.05, 0) is 29.8 Å². The van der Waals surface area contributed by atoms with E-state index in [1.807, 2.05) is 0 Å². The van der Waals surface area contributed by atoms with E-state index >= 15 is 0 Å². The first-order valence-corrected chi connectivity index (χ1v) is 6.53. The molecule has 3 nitrogen and oxygen atoms in total. The summed E-state index contributed by atoms with van der Waals surface area (Å²) in [6, 6.07) is 11.9. The molecular weight excluding hydrogens is 276 g/mol. The molecule has 1 amide bonds. The molecule has 0 heterocycles. The summed E-state index contributed by atoms with van der Waals surface area (Å²) in [7, 11) is 0. The van der Waals surface area contributed by atoms with Crippen molar-refractivity contribution in [3.8, 4) is 5.75 Å². The van der Waals surface area contributed by atoms with E-state index in [9.17, 15) is 13.6 Å². The molecule has 0 fully saturated rings. The van der Waals surface area contributed by atoms with Gasteiger partial charge >= 0.3 is 0 Å². The van der Waals surface area contributed by atoms with Gasteiger partial charge < -0.3 is 10.1 Å². The lowest BCUT2D eigenvalue weighted by molar-refractivity contribution is -0.120. The molecule has 110 valence electrons. The minimum absolute atomic E-state index is 0.0947. The molecule has 21 heavy (non-hydrogen) atoms. The number of carbonyl (C=O) groups excluding carboxylic acids is 1. The van der Waals surface area contributed by atoms with E-state index in [2.05, 4.69) is 5.32 Å². The molecule has 2 aromatic rings. The summed E-state index contributed by atoms with van der Waals surface area (Å²) in [6.07, 6.45) is 0.0947. The molecule has 0 spiro atoms. The molecule has 0 saturated heterocycles. The van der Waals surface area contributed by atoms with Crippen LogP contribution in [-0.2, 0) is 11.2 Å². The second-order valence-corrected chi connectivity index (χ2v) is 4.44. The fraction of sp³-hybridized carbons (Fsp3) is 0.188. The Bertz CT molecular complexity index is 617. The Morgan fingerprint density at radius 1 is 1.10 bits per heavy atom. The summed E-state index contributed by atoms with van der Waals surface area (Å²) >= 11 is 0. The minimum atomic E-state index is -0.441. The van der Waals surface area contributed by atoms with E-state index in [-0.39, 0.29) is 37.0 Å². The molecule has 1 N–H and O–H groups in total. The summed E-state index contributed by atoms with van der Waals surface area (Å²) in [5.74, 6) is -0.901. The van der Waals surface area contributed by atoms with Crippen molar-refractivity contribution in [2.45, 2.75) is 6.42 Å². The summed E-state index contributed by atoms with van der Waals surface area (Å²) in [5.41, 5.74) is 0.600. The maximum absolute atomic E-state index is 13.3. The maximum Gasteiger partial charge on any atom is 0.224 e. The zero-order valence-corrected chi connectivity index (χ0v) is 11.3. The lowest BCUT2D eigenvalue weighted by atomic mass is 10.1. The maximum atomic E-state index is 13.3. The second kappa shape index (κ2) is 7.38. The standard InChI is InChI=1S/C16H15F2NO2/c17-13-5-3-4-12(10-13)11-16(20)19-8-9-21-15-7-2-1-6-14(15)18/h1-7,10H,8-9,11H2,(H,19,20). The first-order valence-electron chi connectivity index (χ1n) is 6.53. The molecule has 0 bridgehead atoms. The normalized spacial score (nSPS) is 10.2. The first-order chi connectivity index (χ1) is 10.1. The Balaban J connectivity index is 1.71. The number of para-hydroxylation sites is 1. The third-order valence-electron chi connectivity index (χ3n) is 2.77. The van der Waals surface area contributed by atoms with Gasteiger partial charge in [-0.25, -0.2) is 8.78 Å². The van der Waals surface area contributed by atoms with Crippen LogP contribution in [-0.4, -0.2) is 19.1 Å². The lowest BCUT2D eigenvalue weighted by Gasteiger charge is -2.08. The zero-order chi connectivity index (χ0) is 15.1. The summed E-state index contributed by atoms with van der Waals surface area (Å²) < 4.78 is 31.4. The van der Waals surface area contributed by atoms with Crippen LogP contribution in [0.3, 0.4) is 0 Å². The molecule has 2 aromatic carbocycles. The van der Waals surface area contributed by atoms with Crippen molar-refractivity contribution in [2.24, 2.45) is 0 Å². The lowest BCUT2D eigenvalue weighted by Crippen LogP contribution is -2.29. The number of hydrogen-bond acceptors (Lipinski definition) is 2. The van der Waals surface area contributed by atoms with Crippen LogP contribution in [0.4, 0.5) is 8.78 Å². The number of hydrogen-bond donors (Lipinski definition) is 1. The van der Waals surface area contributed by atoms with Crippen LogP contribution in [0.1, 0.15) is 5.56 Å². The number of halogens is 2. The fourth-order valence-corrected chi connectivity index (χ4v) is 1.81. The van der Waals surface area contributed by atoms with Gasteiger partial charge in [-0.1, -0.05) is 24.3 Å². The number of amides is 1. The predicted octanol–water partition coefficient (Wildman–Crippen LogP) is 2.70. The summed E-state index contributed by atoms with van der Waals surface area (Å²) in [5, 5.41) is 2.63. The van der Waals surface area contributed by atoms with Crippen molar-refractivity contribution in [3.63, 3.8) is 0 Å². The molecule has 0 radical (unpaired) electrons. The number of ether oxygens (including phenoxy) is 1. The molecular formula is C16H15F2NO2. The quantitative estimate of drug-likeness (QED) is 0.831. The molecule has 0 saturated carbocycles. The Morgan fingerprint density at radius 2 is 1.90 bits per heavy atom. The predicted molar refractivity (Wildman–Crippen MR) is 75.0 cm³/mol. The second-order valence-electron chi connectivity index (χ2n) is 4.44. The molecule has 0 aliphatic carbocycles. The van der Waals surface area contributed by atoms with Crippen molar-refractivity contribution in [1.82, 2.24) is 5.32 Å². The average Bonchev–Trinajstić information content (AvgIpc) is 2.45. The Labute approximate surface area is 121 Å². The van der Waals surface area contributed by atoms with Gasteiger partial charge in [0, 0.05) is 0 Å². The van der Waals surface area contributed by atoms with Crippen LogP contribution < -0.4 is 10.1 Å². The van der Waals surface area contributed by atoms with Gasteiger partial charge in [-0.3, -0.25) is 4.79 Å². The highest BCUT2D eigenvalue weighted by Gasteiger charge is 2.05. The van der Waals surface area contributed by atoms with Gasteiger partial charge in [0.2, 0.25) is 5.91 Å². The van der Waals surface area contributed by atoms with Crippen molar-refractivity contribution >= 4 is 5.91 Å². The van der Waals surface area contributed by atoms with Gasteiger partial charge in [0.1, 0.15) is 12.4 Å². The van der Waals surface area contributed by atoms with Crippen LogP contribution in [0, 0.1) is 11.6 Å². The van der Waals surface area contributed by atoms with Gasteiger partial charge in [0.05, 0.1) is 13.0 Å². The summed E-state index contributed by atoms with van der Waals surface area (Å²) in [6.45, 7) is 0.415. The van der Waals surface area contributed by atoms with Crippen LogP contribution in [0.5, 0.6) is 5.75 Å². The van der Waals surface area contributed by atoms with Crippen LogP contribution in [0.25, 0.3) is 0 Å². The van der Waals surface area contributed by atoms with Crippen molar-refractivity contribution in [1.29, 1.82) is 0 Å². The van der Waals surface area contributed by atoms with Gasteiger partial charge in [0.15, 0.2) is 11.6 Å². The number of carbonyl (C=O) groups is 1. The van der Waals surface area contributed by atoms with Crippen molar-refractivity contribution in [3.05, 3.63) is 65.7 Å². The molecule has 0 unspecified atom stereocenters. The molecule has 0 atom stereocenters. The first kappa shape index (κ1) is 15.0. The molecule has 0 aliphatic heterocycles. The Morgan fingerprint density at radius 3 is 2.67 bits per heavy atom.